The molecule has 170 valence electrons. The summed E-state index contributed by atoms with van der Waals surface area (Å²) in [6.07, 6.45) is 0. The largest absolute Gasteiger partial charge is 0.464 e. The predicted molar refractivity (Wildman–Crippen MR) is 120 cm³/mol. The number of hydrogen-bond acceptors (Lipinski definition) is 8. The zero-order valence-electron chi connectivity index (χ0n) is 16.7. The Kier molecular flexibility index (Phi) is 8.78. The van der Waals surface area contributed by atoms with E-state index in [1.54, 1.807) is 37.3 Å². The molecular weight excluding hydrogens is 467 g/mol. The van der Waals surface area contributed by atoms with Crippen LogP contribution < -0.4 is 16.6 Å². The number of esters is 1. The lowest BCUT2D eigenvalue weighted by atomic mass is 10.0. The fourth-order valence-electron chi connectivity index (χ4n) is 3.33. The van der Waals surface area contributed by atoms with Crippen LogP contribution in [-0.2, 0) is 24.3 Å². The van der Waals surface area contributed by atoms with Gasteiger partial charge in [-0.2, -0.15) is 4.31 Å². The van der Waals surface area contributed by atoms with Crippen LogP contribution in [-0.4, -0.2) is 62.8 Å². The molecule has 0 spiro atoms. The number of halogens is 2. The fraction of sp³-hybridized carbons (Fsp3) is 0.368. The first-order chi connectivity index (χ1) is 14.3. The van der Waals surface area contributed by atoms with Gasteiger partial charge in [-0.15, -0.1) is 12.4 Å². The summed E-state index contributed by atoms with van der Waals surface area (Å²) in [6.45, 7) is 2.01. The SMILES string of the molecule is CCOC(=O)C(NN)C(=O)C1CN(S(=O)(=O)c2ccc3cc(Cl)ccc3c2)CCN1.Cl. The van der Waals surface area contributed by atoms with Crippen LogP contribution >= 0.6 is 24.0 Å². The number of hydrogen-bond donors (Lipinski definition) is 3. The molecule has 0 radical (unpaired) electrons. The number of Topliss-reactive ketones (excluding diaryl/α,β-unsaturated/α-hetero) is 1. The molecule has 1 saturated heterocycles. The molecule has 0 aromatic heterocycles. The summed E-state index contributed by atoms with van der Waals surface area (Å²) in [6, 6.07) is 7.68. The van der Waals surface area contributed by atoms with Gasteiger partial charge in [-0.3, -0.25) is 10.6 Å². The van der Waals surface area contributed by atoms with E-state index in [9.17, 15) is 18.0 Å². The number of benzene rings is 2. The van der Waals surface area contributed by atoms with Gasteiger partial charge in [0.05, 0.1) is 17.5 Å². The minimum absolute atomic E-state index is 0. The smallest absolute Gasteiger partial charge is 0.332 e. The molecule has 3 rings (SSSR count). The lowest BCUT2D eigenvalue weighted by molar-refractivity contribution is -0.149. The molecule has 0 aliphatic carbocycles. The Morgan fingerprint density at radius 1 is 1.29 bits per heavy atom. The number of carbonyl (C=O) groups is 2. The van der Waals surface area contributed by atoms with Gasteiger partial charge in [-0.1, -0.05) is 23.7 Å². The average molecular weight is 491 g/mol. The molecule has 0 saturated carbocycles. The molecule has 0 bridgehead atoms. The number of nitrogens with one attached hydrogen (secondary N) is 2. The van der Waals surface area contributed by atoms with Crippen LogP contribution in [0.25, 0.3) is 10.8 Å². The summed E-state index contributed by atoms with van der Waals surface area (Å²) in [5.41, 5.74) is 2.15. The van der Waals surface area contributed by atoms with E-state index in [0.717, 1.165) is 10.8 Å². The Bertz CT molecular complexity index is 1070. The Balaban J connectivity index is 0.00000341. The highest BCUT2D eigenvalue weighted by Gasteiger charge is 2.38. The van der Waals surface area contributed by atoms with Crippen LogP contribution in [0.4, 0.5) is 0 Å². The van der Waals surface area contributed by atoms with Gasteiger partial charge in [-0.25, -0.2) is 18.6 Å². The van der Waals surface area contributed by atoms with Crippen molar-refractivity contribution in [1.82, 2.24) is 15.0 Å². The minimum atomic E-state index is -3.85. The number of piperazine rings is 1. The number of carbonyl (C=O) groups excluding carboxylic acids is 2. The van der Waals surface area contributed by atoms with E-state index >= 15 is 0 Å². The van der Waals surface area contributed by atoms with Gasteiger partial charge in [0.1, 0.15) is 0 Å². The predicted octanol–water partition coefficient (Wildman–Crippen LogP) is 0.842. The minimum Gasteiger partial charge on any atom is -0.464 e. The summed E-state index contributed by atoms with van der Waals surface area (Å²) < 4.78 is 32.4. The van der Waals surface area contributed by atoms with Crippen molar-refractivity contribution in [1.29, 1.82) is 0 Å². The van der Waals surface area contributed by atoms with Crippen LogP contribution in [0, 0.1) is 0 Å². The van der Waals surface area contributed by atoms with Crippen molar-refractivity contribution in [2.45, 2.75) is 23.9 Å². The van der Waals surface area contributed by atoms with Crippen molar-refractivity contribution < 1.29 is 22.7 Å². The Hall–Kier alpha value is -1.79. The Morgan fingerprint density at radius 2 is 1.97 bits per heavy atom. The summed E-state index contributed by atoms with van der Waals surface area (Å²) in [5.74, 6) is 3.96. The second-order valence-electron chi connectivity index (χ2n) is 6.78. The molecule has 1 heterocycles. The highest BCUT2D eigenvalue weighted by molar-refractivity contribution is 7.89. The lowest BCUT2D eigenvalue weighted by Crippen LogP contribution is -2.61. The number of rotatable bonds is 7. The topological polar surface area (TPSA) is 131 Å². The van der Waals surface area contributed by atoms with Gasteiger partial charge >= 0.3 is 5.97 Å². The maximum absolute atomic E-state index is 13.2. The van der Waals surface area contributed by atoms with Crippen molar-refractivity contribution in [2.75, 3.05) is 26.2 Å². The quantitative estimate of drug-likeness (QED) is 0.225. The van der Waals surface area contributed by atoms with Crippen LogP contribution in [0.5, 0.6) is 0 Å². The van der Waals surface area contributed by atoms with E-state index in [-0.39, 0.29) is 43.5 Å². The summed E-state index contributed by atoms with van der Waals surface area (Å²) in [4.78, 5) is 24.8. The lowest BCUT2D eigenvalue weighted by Gasteiger charge is -2.33. The molecule has 2 aromatic rings. The van der Waals surface area contributed by atoms with Gasteiger partial charge in [0, 0.05) is 24.7 Å². The monoisotopic (exact) mass is 490 g/mol. The van der Waals surface area contributed by atoms with Crippen LogP contribution in [0.15, 0.2) is 41.3 Å². The van der Waals surface area contributed by atoms with Crippen molar-refractivity contribution in [3.8, 4) is 0 Å². The highest BCUT2D eigenvalue weighted by atomic mass is 35.5. The van der Waals surface area contributed by atoms with Crippen LogP contribution in [0.1, 0.15) is 6.92 Å². The van der Waals surface area contributed by atoms with Crippen molar-refractivity contribution in [2.24, 2.45) is 5.84 Å². The molecule has 12 heteroatoms. The molecule has 1 aliphatic rings. The van der Waals surface area contributed by atoms with E-state index in [4.69, 9.17) is 22.2 Å². The third-order valence-electron chi connectivity index (χ3n) is 4.87. The maximum Gasteiger partial charge on any atom is 0.332 e. The van der Waals surface area contributed by atoms with E-state index < -0.39 is 33.9 Å². The number of fused-ring (bicyclic) bond motifs is 1. The standard InChI is InChI=1S/C19H23ClN4O5S.ClH/c1-2-29-19(26)17(23-21)18(25)16-11-24(8-7-22-16)30(27,28)15-6-4-12-9-14(20)5-3-13(12)10-15;/h3-6,9-10,16-17,22-23H,2,7-8,11,21H2,1H3;1H. The second kappa shape index (κ2) is 10.7. The van der Waals surface area contributed by atoms with Gasteiger partial charge in [0.15, 0.2) is 11.8 Å². The maximum atomic E-state index is 13.2. The Labute approximate surface area is 191 Å². The first-order valence-electron chi connectivity index (χ1n) is 9.37. The molecule has 1 fully saturated rings. The van der Waals surface area contributed by atoms with E-state index in [1.807, 2.05) is 0 Å². The number of ketones is 1. The van der Waals surface area contributed by atoms with Crippen LogP contribution in [0.3, 0.4) is 0 Å². The van der Waals surface area contributed by atoms with E-state index in [1.165, 1.54) is 10.4 Å². The number of hydrazine groups is 1. The molecule has 1 aliphatic heterocycles. The van der Waals surface area contributed by atoms with Gasteiger partial charge in [-0.05, 0) is 42.0 Å². The molecule has 4 N–H and O–H groups in total. The van der Waals surface area contributed by atoms with Gasteiger partial charge < -0.3 is 10.1 Å². The second-order valence-corrected chi connectivity index (χ2v) is 9.15. The molecule has 0 amide bonds. The highest BCUT2D eigenvalue weighted by Crippen LogP contribution is 2.25. The Morgan fingerprint density at radius 3 is 2.65 bits per heavy atom. The normalized spacial score (nSPS) is 18.2. The first-order valence-corrected chi connectivity index (χ1v) is 11.2. The number of ether oxygens (including phenoxy) is 1. The number of nitrogens with two attached hydrogens (primary N) is 1. The third-order valence-corrected chi connectivity index (χ3v) is 6.96. The summed E-state index contributed by atoms with van der Waals surface area (Å²) in [7, 11) is -3.85. The molecule has 2 aromatic carbocycles. The van der Waals surface area contributed by atoms with Crippen molar-refractivity contribution in [3.63, 3.8) is 0 Å². The molecule has 31 heavy (non-hydrogen) atoms. The van der Waals surface area contributed by atoms with Gasteiger partial charge in [0.2, 0.25) is 10.0 Å². The van der Waals surface area contributed by atoms with Gasteiger partial charge in [0.25, 0.3) is 0 Å². The fourth-order valence-corrected chi connectivity index (χ4v) is 5.00. The van der Waals surface area contributed by atoms with Crippen LogP contribution in [0.2, 0.25) is 5.02 Å². The van der Waals surface area contributed by atoms with Crippen molar-refractivity contribution in [3.05, 3.63) is 41.4 Å². The third kappa shape index (κ3) is 5.53. The first kappa shape index (κ1) is 25.5. The molecule has 2 atom stereocenters. The zero-order chi connectivity index (χ0) is 21.9. The molecule has 9 nitrogen and oxygen atoms in total. The molecular formula is C19H24Cl2N4O5S. The average Bonchev–Trinajstić information content (AvgIpc) is 2.74. The van der Waals surface area contributed by atoms with E-state index in [0.29, 0.717) is 5.02 Å². The summed E-state index contributed by atoms with van der Waals surface area (Å²) >= 11 is 5.98. The van der Waals surface area contributed by atoms with Crippen molar-refractivity contribution >= 4 is 56.6 Å². The molecule has 2 unspecified atom stereocenters. The number of sulfonamides is 1. The van der Waals surface area contributed by atoms with E-state index in [2.05, 4.69) is 10.7 Å². The zero-order valence-corrected chi connectivity index (χ0v) is 19.1. The summed E-state index contributed by atoms with van der Waals surface area (Å²) in [5, 5.41) is 5.06. The number of nitrogens with zero attached hydrogens (tertiary/aromatic N) is 1.